The van der Waals surface area contributed by atoms with Gasteiger partial charge >= 0.3 is 0 Å². The molecule has 0 bridgehead atoms. The summed E-state index contributed by atoms with van der Waals surface area (Å²) in [6.45, 7) is 16.6. The number of benzene rings is 12. The zero-order valence-corrected chi connectivity index (χ0v) is 68.7. The van der Waals surface area contributed by atoms with Crippen LogP contribution < -0.4 is 0 Å². The average Bonchev–Trinajstić information content (AvgIpc) is 1.62. The lowest BCUT2D eigenvalue weighted by Gasteiger charge is -2.08. The van der Waals surface area contributed by atoms with E-state index in [0.717, 1.165) is 61.9 Å². The molecule has 20 rings (SSSR count). The van der Waals surface area contributed by atoms with Crippen LogP contribution in [0.3, 0.4) is 0 Å². The lowest BCUT2D eigenvalue weighted by atomic mass is 9.97. The molecule has 0 saturated carbocycles. The number of pyridine rings is 6. The summed E-state index contributed by atoms with van der Waals surface area (Å²) in [7, 11) is 0. The number of nitrogens with zero attached hydrogens (tertiary/aromatic N) is 6. The molecule has 0 aliphatic heterocycles. The highest BCUT2D eigenvalue weighted by Gasteiger charge is 2.14. The number of thiophene rings is 1. The highest BCUT2D eigenvalue weighted by molar-refractivity contribution is 7.26. The molecular formula is C110H94N6OS. The Morgan fingerprint density at radius 1 is 0.229 bits per heavy atom. The zero-order valence-electron chi connectivity index (χ0n) is 67.9. The fraction of sp³-hybridized carbons (Fsp3) is 0.0727. The number of aryl methyl sites for hydroxylation is 8. The van der Waals surface area contributed by atoms with Crippen molar-refractivity contribution in [2.24, 2.45) is 0 Å². The molecular weight excluding hydrogens is 1450 g/mol. The third kappa shape index (κ3) is 22.9. The van der Waals surface area contributed by atoms with Gasteiger partial charge < -0.3 is 4.42 Å². The maximum absolute atomic E-state index is 6.07. The van der Waals surface area contributed by atoms with Crippen LogP contribution in [-0.2, 0) is 0 Å². The lowest BCUT2D eigenvalue weighted by molar-refractivity contribution is 0.670. The van der Waals surface area contributed by atoms with E-state index in [1.807, 2.05) is 191 Å². The van der Waals surface area contributed by atoms with Gasteiger partial charge in [-0.05, 0) is 213 Å². The van der Waals surface area contributed by atoms with E-state index in [-0.39, 0.29) is 0 Å². The van der Waals surface area contributed by atoms with E-state index in [2.05, 4.69) is 301 Å². The third-order valence-electron chi connectivity index (χ3n) is 19.4. The largest absolute Gasteiger partial charge is 0.455 e. The Kier molecular flexibility index (Phi) is 28.7. The van der Waals surface area contributed by atoms with Crippen LogP contribution >= 0.6 is 11.3 Å². The maximum atomic E-state index is 6.07. The van der Waals surface area contributed by atoms with Crippen molar-refractivity contribution in [2.75, 3.05) is 0 Å². The number of hydrogen-bond acceptors (Lipinski definition) is 8. The number of para-hydroxylation sites is 2. The smallest absolute Gasteiger partial charge is 0.143 e. The van der Waals surface area contributed by atoms with Crippen LogP contribution in [0.15, 0.2) is 430 Å². The zero-order chi connectivity index (χ0) is 81.6. The number of fused-ring (bicyclic) bond motifs is 6. The van der Waals surface area contributed by atoms with E-state index in [0.29, 0.717) is 0 Å². The van der Waals surface area contributed by atoms with Crippen molar-refractivity contribution in [3.05, 3.63) is 470 Å². The molecule has 0 spiro atoms. The molecule has 0 fully saturated rings. The fourth-order valence-electron chi connectivity index (χ4n) is 13.4. The molecule has 12 aromatic carbocycles. The van der Waals surface area contributed by atoms with Crippen LogP contribution in [0.25, 0.3) is 132 Å². The molecule has 8 heteroatoms. The molecule has 0 saturated heterocycles. The van der Waals surface area contributed by atoms with Gasteiger partial charge in [0, 0.05) is 108 Å². The Hall–Kier alpha value is -14.4. The predicted octanol–water partition coefficient (Wildman–Crippen LogP) is 29.9. The summed E-state index contributed by atoms with van der Waals surface area (Å²) in [5.74, 6) is 0. The molecule has 118 heavy (non-hydrogen) atoms. The molecule has 0 amide bonds. The molecule has 20 aromatic rings. The number of rotatable bonds is 8. The van der Waals surface area contributed by atoms with E-state index in [1.165, 1.54) is 114 Å². The van der Waals surface area contributed by atoms with Gasteiger partial charge in [-0.2, -0.15) is 0 Å². The fourth-order valence-corrected chi connectivity index (χ4v) is 14.7. The molecule has 8 heterocycles. The number of aromatic nitrogens is 6. The molecule has 576 valence electrons. The normalized spacial score (nSPS) is 10.4. The van der Waals surface area contributed by atoms with Gasteiger partial charge in [-0.3, -0.25) is 24.9 Å². The Bertz CT molecular complexity index is 5740. The third-order valence-corrected chi connectivity index (χ3v) is 20.7. The first-order valence-corrected chi connectivity index (χ1v) is 40.5. The molecule has 0 aliphatic carbocycles. The second kappa shape index (κ2) is 41.6. The van der Waals surface area contributed by atoms with Crippen molar-refractivity contribution in [2.45, 2.75) is 55.4 Å². The van der Waals surface area contributed by atoms with Crippen LogP contribution in [0.5, 0.6) is 0 Å². The van der Waals surface area contributed by atoms with Crippen LogP contribution in [0.1, 0.15) is 44.8 Å². The van der Waals surface area contributed by atoms with Gasteiger partial charge in [0.1, 0.15) is 11.2 Å². The summed E-state index contributed by atoms with van der Waals surface area (Å²) in [6, 6.07) is 132. The molecule has 0 N–H and O–H groups in total. The average molecular weight is 1550 g/mol. The second-order valence-electron chi connectivity index (χ2n) is 28.8. The van der Waals surface area contributed by atoms with Crippen molar-refractivity contribution >= 4 is 53.4 Å². The monoisotopic (exact) mass is 1550 g/mol. The molecule has 7 nitrogen and oxygen atoms in total. The van der Waals surface area contributed by atoms with Gasteiger partial charge in [0.15, 0.2) is 0 Å². The summed E-state index contributed by atoms with van der Waals surface area (Å²) in [4.78, 5) is 25.2. The summed E-state index contributed by atoms with van der Waals surface area (Å²) in [6.07, 6.45) is 12.6. The minimum Gasteiger partial charge on any atom is -0.455 e. The Labute approximate surface area is 698 Å². The van der Waals surface area contributed by atoms with E-state index in [4.69, 9.17) is 9.40 Å². The minimum atomic E-state index is 0.946. The summed E-state index contributed by atoms with van der Waals surface area (Å²) < 4.78 is 8.82. The quantitative estimate of drug-likeness (QED) is 0.150. The first kappa shape index (κ1) is 81.6. The van der Waals surface area contributed by atoms with Crippen LogP contribution in [0.4, 0.5) is 0 Å². The Balaban J connectivity index is 0.000000120. The highest BCUT2D eigenvalue weighted by atomic mass is 32.1. The van der Waals surface area contributed by atoms with Gasteiger partial charge in [-0.15, -0.1) is 11.3 Å². The SMILES string of the molecule is Cc1cc(-c2ccccc2)cc(-c2ccccc2)n1.Cc1cc(-c2ccccc2)cc(-c2ccncc2)c1.Cc1cc(-c2ccccc2)nc(-c2ccccc2)c1.Cc1ccc(-c2cccc3c2oc2ccccc23)cc1.Cc1ccc(-c2cccc3c2sc2ccccc23)cc1.Cc1ccccn1.Cc1cccnc1.Cc1ccncc1. The molecule has 0 atom stereocenters. The predicted molar refractivity (Wildman–Crippen MR) is 500 cm³/mol. The van der Waals surface area contributed by atoms with E-state index in [1.54, 1.807) is 24.8 Å². The number of hydrogen-bond donors (Lipinski definition) is 0. The first-order valence-electron chi connectivity index (χ1n) is 39.6. The van der Waals surface area contributed by atoms with Crippen molar-refractivity contribution in [1.29, 1.82) is 0 Å². The van der Waals surface area contributed by atoms with E-state index in [9.17, 15) is 0 Å². The molecule has 0 aliphatic rings. The Morgan fingerprint density at radius 3 is 1.16 bits per heavy atom. The molecule has 0 radical (unpaired) electrons. The maximum Gasteiger partial charge on any atom is 0.143 e. The summed E-state index contributed by atoms with van der Waals surface area (Å²) >= 11 is 1.89. The first-order chi connectivity index (χ1) is 57.8. The van der Waals surface area contributed by atoms with Crippen molar-refractivity contribution in [3.8, 4) is 89.4 Å². The summed E-state index contributed by atoms with van der Waals surface area (Å²) in [5, 5.41) is 5.08. The van der Waals surface area contributed by atoms with Crippen molar-refractivity contribution in [1.82, 2.24) is 29.9 Å². The molecule has 0 unspecified atom stereocenters. The van der Waals surface area contributed by atoms with E-state index < -0.39 is 0 Å². The minimum absolute atomic E-state index is 0.946. The number of furan rings is 1. The Morgan fingerprint density at radius 2 is 0.669 bits per heavy atom. The van der Waals surface area contributed by atoms with Crippen LogP contribution in [-0.4, -0.2) is 29.9 Å². The lowest BCUT2D eigenvalue weighted by Crippen LogP contribution is -1.89. The topological polar surface area (TPSA) is 90.5 Å². The van der Waals surface area contributed by atoms with Gasteiger partial charge in [0.25, 0.3) is 0 Å². The van der Waals surface area contributed by atoms with Crippen molar-refractivity contribution < 1.29 is 4.42 Å². The van der Waals surface area contributed by atoms with Gasteiger partial charge in [-0.1, -0.05) is 308 Å². The van der Waals surface area contributed by atoms with Gasteiger partial charge in [0.05, 0.1) is 17.1 Å². The highest BCUT2D eigenvalue weighted by Crippen LogP contribution is 2.41. The summed E-state index contributed by atoms with van der Waals surface area (Å²) in [5.41, 5.74) is 30.5. The van der Waals surface area contributed by atoms with E-state index >= 15 is 0 Å². The van der Waals surface area contributed by atoms with Gasteiger partial charge in [0.2, 0.25) is 0 Å². The standard InChI is InChI=1S/C19H14O.C19H14S.3C18H15N.3C6H7N/c2*1-13-9-11-14(12-10-13)15-6-4-7-17-16-5-2-3-8-18(16)20-19(15)17;1-14-12-17(15-8-4-2-5-9-15)13-18(19-14)16-10-6-3-7-11-16;1-14-12-17(15-8-4-2-5-9-15)19-18(13-14)16-10-6-3-7-11-16;1-14-11-17(15-5-3-2-4-6-15)13-18(12-14)16-7-9-19-10-8-16;1-6-2-4-7-5-3-6;1-6-3-2-4-7-5-6;1-6-4-2-3-5-7-6/h2*2-12H,1H3;3*2-13H,1H3;3*2-5H,1H3. The second-order valence-corrected chi connectivity index (χ2v) is 29.8. The van der Waals surface area contributed by atoms with Crippen molar-refractivity contribution in [3.63, 3.8) is 0 Å². The van der Waals surface area contributed by atoms with Gasteiger partial charge in [-0.25, -0.2) is 4.98 Å². The van der Waals surface area contributed by atoms with Crippen LogP contribution in [0, 0.1) is 55.4 Å². The molecule has 8 aromatic heterocycles. The van der Waals surface area contributed by atoms with Crippen LogP contribution in [0.2, 0.25) is 0 Å².